The summed E-state index contributed by atoms with van der Waals surface area (Å²) >= 11 is 0. The van der Waals surface area contributed by atoms with Crippen molar-refractivity contribution in [2.75, 3.05) is 0 Å². The van der Waals surface area contributed by atoms with Gasteiger partial charge in [-0.05, 0) is 94.0 Å². The number of allylic oxidation sites excluding steroid dienone is 2. The van der Waals surface area contributed by atoms with Gasteiger partial charge in [0.25, 0.3) is 0 Å². The molecule has 0 amide bonds. The van der Waals surface area contributed by atoms with Gasteiger partial charge in [0.1, 0.15) is 19.1 Å². The minimum absolute atomic E-state index is 0.630. The van der Waals surface area contributed by atoms with Crippen LogP contribution in [0.15, 0.2) is 154 Å². The molecule has 8 aromatic rings. The standard InChI is InChI=1S/C46H36N2O2Si/c1-29-15-13-17-31(27-29)41-42(32-18-14-16-30(2)28-32)44(34-20-6-8-22-36(34)46-48-38-24-10-12-26-40(38)50-46)51(3,4)43(41)33-19-5-7-21-35(33)45-47-37-23-9-11-25-39(37)49-45/h5-28H,1-4H3. The van der Waals surface area contributed by atoms with E-state index in [1.54, 1.807) is 0 Å². The molecule has 0 saturated heterocycles. The second-order valence-corrected chi connectivity index (χ2v) is 18.2. The maximum atomic E-state index is 6.47. The number of oxazole rings is 2. The van der Waals surface area contributed by atoms with E-state index in [-0.39, 0.29) is 0 Å². The Morgan fingerprint density at radius 2 is 0.824 bits per heavy atom. The number of hydrogen-bond donors (Lipinski definition) is 0. The molecule has 9 rings (SSSR count). The second-order valence-electron chi connectivity index (χ2n) is 13.9. The summed E-state index contributed by atoms with van der Waals surface area (Å²) in [4.78, 5) is 10.0. The highest BCUT2D eigenvalue weighted by molar-refractivity contribution is 7.13. The lowest BCUT2D eigenvalue weighted by molar-refractivity contribution is 0.619. The summed E-state index contributed by atoms with van der Waals surface area (Å²) in [5, 5.41) is 2.70. The van der Waals surface area contributed by atoms with Crippen LogP contribution in [0.25, 0.3) is 66.6 Å². The summed E-state index contributed by atoms with van der Waals surface area (Å²) in [7, 11) is -2.59. The molecule has 4 nitrogen and oxygen atoms in total. The van der Waals surface area contributed by atoms with Crippen molar-refractivity contribution < 1.29 is 8.83 Å². The van der Waals surface area contributed by atoms with Gasteiger partial charge in [0.15, 0.2) is 11.2 Å². The van der Waals surface area contributed by atoms with Gasteiger partial charge in [0.05, 0.1) is 0 Å². The molecule has 0 saturated carbocycles. The molecule has 0 radical (unpaired) electrons. The highest BCUT2D eigenvalue weighted by Crippen LogP contribution is 2.57. The van der Waals surface area contributed by atoms with Crippen molar-refractivity contribution in [3.8, 4) is 22.9 Å². The van der Waals surface area contributed by atoms with Crippen LogP contribution in [0.5, 0.6) is 0 Å². The zero-order chi connectivity index (χ0) is 34.7. The summed E-state index contributed by atoms with van der Waals surface area (Å²) < 4.78 is 12.9. The third-order valence-electron chi connectivity index (χ3n) is 10.1. The molecule has 0 aliphatic carbocycles. The second kappa shape index (κ2) is 12.1. The predicted octanol–water partition coefficient (Wildman–Crippen LogP) is 12.2. The fourth-order valence-electron chi connectivity index (χ4n) is 7.87. The van der Waals surface area contributed by atoms with Crippen LogP contribution >= 0.6 is 0 Å². The van der Waals surface area contributed by atoms with Crippen LogP contribution in [-0.4, -0.2) is 18.0 Å². The van der Waals surface area contributed by atoms with E-state index in [9.17, 15) is 0 Å². The van der Waals surface area contributed by atoms with Gasteiger partial charge >= 0.3 is 0 Å². The molecule has 51 heavy (non-hydrogen) atoms. The smallest absolute Gasteiger partial charge is 0.227 e. The maximum absolute atomic E-state index is 6.47. The van der Waals surface area contributed by atoms with E-state index in [1.807, 2.05) is 48.5 Å². The molecule has 0 N–H and O–H groups in total. The van der Waals surface area contributed by atoms with Gasteiger partial charge < -0.3 is 8.83 Å². The van der Waals surface area contributed by atoms with Crippen molar-refractivity contribution in [3.05, 3.63) is 179 Å². The van der Waals surface area contributed by atoms with Crippen molar-refractivity contribution in [1.82, 2.24) is 9.97 Å². The first-order valence-corrected chi connectivity index (χ1v) is 20.4. The normalized spacial score (nSPS) is 14.3. The molecule has 0 bridgehead atoms. The lowest BCUT2D eigenvalue weighted by Gasteiger charge is -2.28. The number of rotatable bonds is 6. The largest absolute Gasteiger partial charge is 0.436 e. The molecule has 3 heterocycles. The van der Waals surface area contributed by atoms with Crippen molar-refractivity contribution in [2.45, 2.75) is 26.9 Å². The Morgan fingerprint density at radius 1 is 0.431 bits per heavy atom. The first-order chi connectivity index (χ1) is 24.9. The van der Waals surface area contributed by atoms with Crippen molar-refractivity contribution in [3.63, 3.8) is 0 Å². The zero-order valence-electron chi connectivity index (χ0n) is 29.1. The summed E-state index contributed by atoms with van der Waals surface area (Å²) in [5.74, 6) is 1.26. The SMILES string of the molecule is Cc1cccc(C2=C(c3ccccc3-c3nc4ccccc4o3)[Si](C)(C)C(c3ccccc3-c3nc4ccccc4o3)=C2c2cccc(C)c2)c1. The van der Waals surface area contributed by atoms with Crippen molar-refractivity contribution in [2.24, 2.45) is 0 Å². The molecular formula is C46H36N2O2Si. The first kappa shape index (κ1) is 31.0. The first-order valence-electron chi connectivity index (χ1n) is 17.4. The monoisotopic (exact) mass is 676 g/mol. The Labute approximate surface area is 298 Å². The minimum atomic E-state index is -2.59. The van der Waals surface area contributed by atoms with Crippen LogP contribution in [0.1, 0.15) is 33.4 Å². The van der Waals surface area contributed by atoms with Crippen LogP contribution < -0.4 is 0 Å². The molecule has 5 heteroatoms. The maximum Gasteiger partial charge on any atom is 0.227 e. The van der Waals surface area contributed by atoms with Crippen LogP contribution in [-0.2, 0) is 0 Å². The van der Waals surface area contributed by atoms with Gasteiger partial charge in [-0.2, -0.15) is 0 Å². The summed E-state index contributed by atoms with van der Waals surface area (Å²) in [5.41, 5.74) is 14.9. The minimum Gasteiger partial charge on any atom is -0.436 e. The quantitative estimate of drug-likeness (QED) is 0.165. The van der Waals surface area contributed by atoms with E-state index in [0.717, 1.165) is 44.5 Å². The fourth-order valence-corrected chi connectivity index (χ4v) is 11.7. The lowest BCUT2D eigenvalue weighted by Crippen LogP contribution is -2.29. The molecule has 2 aromatic heterocycles. The average Bonchev–Trinajstić information content (AvgIpc) is 3.84. The molecular weight excluding hydrogens is 641 g/mol. The van der Waals surface area contributed by atoms with Crippen LogP contribution in [0, 0.1) is 13.8 Å². The van der Waals surface area contributed by atoms with Crippen molar-refractivity contribution >= 4 is 51.8 Å². The summed E-state index contributed by atoms with van der Waals surface area (Å²) in [6, 6.07) is 51.1. The van der Waals surface area contributed by atoms with Gasteiger partial charge in [-0.25, -0.2) is 9.97 Å². The molecule has 0 unspecified atom stereocenters. The predicted molar refractivity (Wildman–Crippen MR) is 212 cm³/mol. The topological polar surface area (TPSA) is 52.1 Å². The Kier molecular flexibility index (Phi) is 7.33. The third-order valence-corrected chi connectivity index (χ3v) is 13.6. The Balaban J connectivity index is 1.39. The Morgan fingerprint density at radius 3 is 1.24 bits per heavy atom. The number of fused-ring (bicyclic) bond motifs is 2. The van der Waals surface area contributed by atoms with E-state index >= 15 is 0 Å². The van der Waals surface area contributed by atoms with E-state index in [1.165, 1.54) is 43.8 Å². The van der Waals surface area contributed by atoms with E-state index in [0.29, 0.717) is 11.8 Å². The van der Waals surface area contributed by atoms with Gasteiger partial charge in [0.2, 0.25) is 11.8 Å². The average molecular weight is 677 g/mol. The van der Waals surface area contributed by atoms with Crippen LogP contribution in [0.4, 0.5) is 0 Å². The molecule has 0 spiro atoms. The van der Waals surface area contributed by atoms with E-state index in [4.69, 9.17) is 18.8 Å². The fraction of sp³-hybridized carbons (Fsp3) is 0.0870. The Hall–Kier alpha value is -6.04. The summed E-state index contributed by atoms with van der Waals surface area (Å²) in [6.45, 7) is 9.32. The van der Waals surface area contributed by atoms with E-state index < -0.39 is 8.07 Å². The number of nitrogens with zero attached hydrogens (tertiary/aromatic N) is 2. The highest BCUT2D eigenvalue weighted by Gasteiger charge is 2.45. The highest BCUT2D eigenvalue weighted by atomic mass is 28.3. The van der Waals surface area contributed by atoms with Gasteiger partial charge in [-0.15, -0.1) is 0 Å². The van der Waals surface area contributed by atoms with E-state index in [2.05, 4.69) is 124 Å². The number of hydrogen-bond acceptors (Lipinski definition) is 4. The number of para-hydroxylation sites is 4. The molecule has 6 aromatic carbocycles. The molecule has 246 valence electrons. The number of benzene rings is 6. The van der Waals surface area contributed by atoms with Gasteiger partial charge in [-0.3, -0.25) is 0 Å². The van der Waals surface area contributed by atoms with Gasteiger partial charge in [0, 0.05) is 11.1 Å². The summed E-state index contributed by atoms with van der Waals surface area (Å²) in [6.07, 6.45) is 0. The van der Waals surface area contributed by atoms with Crippen LogP contribution in [0.3, 0.4) is 0 Å². The third kappa shape index (κ3) is 5.20. The molecule has 0 fully saturated rings. The van der Waals surface area contributed by atoms with Crippen LogP contribution in [0.2, 0.25) is 13.1 Å². The number of aromatic nitrogens is 2. The molecule has 1 aliphatic heterocycles. The lowest BCUT2D eigenvalue weighted by atomic mass is 9.87. The van der Waals surface area contributed by atoms with Gasteiger partial charge in [-0.1, -0.05) is 133 Å². The Bertz CT molecular complexity index is 2460. The van der Waals surface area contributed by atoms with Crippen molar-refractivity contribution in [1.29, 1.82) is 0 Å². The molecule has 0 atom stereocenters. The number of aryl methyl sites for hydroxylation is 2. The zero-order valence-corrected chi connectivity index (χ0v) is 30.1. The molecule has 1 aliphatic rings.